The minimum Gasteiger partial charge on any atom is -0.507 e. The molecule has 1 aliphatic rings. The lowest BCUT2D eigenvalue weighted by Gasteiger charge is -2.27. The summed E-state index contributed by atoms with van der Waals surface area (Å²) >= 11 is 1.41. The van der Waals surface area contributed by atoms with E-state index in [1.54, 1.807) is 13.0 Å². The van der Waals surface area contributed by atoms with E-state index in [0.29, 0.717) is 29.1 Å². The van der Waals surface area contributed by atoms with Crippen molar-refractivity contribution in [1.29, 1.82) is 0 Å². The van der Waals surface area contributed by atoms with Crippen LogP contribution in [-0.4, -0.2) is 40.3 Å². The zero-order chi connectivity index (χ0) is 25.7. The summed E-state index contributed by atoms with van der Waals surface area (Å²) in [4.78, 5) is 31.6. The number of aliphatic imine (C=N–C) groups is 1. The summed E-state index contributed by atoms with van der Waals surface area (Å²) in [6, 6.07) is 12.8. The van der Waals surface area contributed by atoms with Crippen molar-refractivity contribution in [2.24, 2.45) is 4.99 Å². The molecular formula is C27H27N3O5S. The monoisotopic (exact) mass is 505 g/mol. The molecule has 1 aliphatic heterocycles. The Bertz CT molecular complexity index is 1320. The van der Waals surface area contributed by atoms with Crippen LogP contribution >= 0.6 is 11.3 Å². The fourth-order valence-corrected chi connectivity index (χ4v) is 5.49. The molecule has 0 amide bonds. The van der Waals surface area contributed by atoms with E-state index >= 15 is 0 Å². The zero-order valence-corrected chi connectivity index (χ0v) is 20.8. The highest BCUT2D eigenvalue weighted by atomic mass is 32.1. The van der Waals surface area contributed by atoms with Gasteiger partial charge >= 0.3 is 5.97 Å². The molecule has 0 fully saturated rings. The largest absolute Gasteiger partial charge is 0.507 e. The molecule has 1 aromatic heterocycles. The maximum absolute atomic E-state index is 12.9. The average Bonchev–Trinajstić information content (AvgIpc) is 3.23. The van der Waals surface area contributed by atoms with Crippen LogP contribution in [0.1, 0.15) is 44.4 Å². The van der Waals surface area contributed by atoms with Crippen molar-refractivity contribution in [3.8, 4) is 5.75 Å². The van der Waals surface area contributed by atoms with Crippen molar-refractivity contribution in [2.45, 2.75) is 32.9 Å². The zero-order valence-electron chi connectivity index (χ0n) is 20.0. The van der Waals surface area contributed by atoms with Crippen LogP contribution in [0.2, 0.25) is 0 Å². The molecule has 0 bridgehead atoms. The molecule has 2 heterocycles. The molecule has 0 saturated heterocycles. The molecule has 0 saturated carbocycles. The number of allylic oxidation sites excluding steroid dienone is 1. The number of rotatable bonds is 9. The van der Waals surface area contributed by atoms with Crippen LogP contribution in [0.25, 0.3) is 0 Å². The van der Waals surface area contributed by atoms with Crippen LogP contribution in [0.5, 0.6) is 5.75 Å². The number of aromatic hydroxyl groups is 1. The van der Waals surface area contributed by atoms with Gasteiger partial charge in [0.25, 0.3) is 5.69 Å². The number of nitro groups is 1. The van der Waals surface area contributed by atoms with Crippen molar-refractivity contribution >= 4 is 34.2 Å². The van der Waals surface area contributed by atoms with Crippen molar-refractivity contribution in [1.82, 2.24) is 4.90 Å². The number of nitrogens with zero attached hydrogens (tertiary/aromatic N) is 3. The molecule has 0 aliphatic carbocycles. The Morgan fingerprint density at radius 3 is 2.81 bits per heavy atom. The van der Waals surface area contributed by atoms with Crippen molar-refractivity contribution in [3.63, 3.8) is 0 Å². The highest BCUT2D eigenvalue weighted by molar-refractivity contribution is 7.16. The number of ether oxygens (including phenoxy) is 1. The van der Waals surface area contributed by atoms with Gasteiger partial charge in [0.05, 0.1) is 17.1 Å². The number of carbonyl (C=O) groups excluding carboxylic acids is 1. The summed E-state index contributed by atoms with van der Waals surface area (Å²) in [5, 5.41) is 22.5. The number of nitro benzene ring substituents is 1. The molecule has 3 aromatic rings. The van der Waals surface area contributed by atoms with Crippen LogP contribution in [0.15, 0.2) is 60.1 Å². The Kier molecular flexibility index (Phi) is 7.92. The van der Waals surface area contributed by atoms with Gasteiger partial charge in [-0.2, -0.15) is 0 Å². The van der Waals surface area contributed by atoms with Gasteiger partial charge < -0.3 is 9.84 Å². The van der Waals surface area contributed by atoms with E-state index in [-0.39, 0.29) is 30.0 Å². The maximum atomic E-state index is 12.9. The van der Waals surface area contributed by atoms with E-state index in [1.807, 2.05) is 18.2 Å². The van der Waals surface area contributed by atoms with Crippen molar-refractivity contribution in [3.05, 3.63) is 97.9 Å². The molecule has 0 atom stereocenters. The van der Waals surface area contributed by atoms with E-state index in [2.05, 4.69) is 28.6 Å². The number of non-ortho nitro benzene ring substituents is 1. The topological polar surface area (TPSA) is 105 Å². The molecule has 1 N–H and O–H groups in total. The van der Waals surface area contributed by atoms with E-state index < -0.39 is 10.9 Å². The first-order chi connectivity index (χ1) is 17.4. The first-order valence-corrected chi connectivity index (χ1v) is 12.5. The first-order valence-electron chi connectivity index (χ1n) is 11.6. The Balaban J connectivity index is 1.69. The highest BCUT2D eigenvalue weighted by Gasteiger charge is 2.29. The SMILES string of the molecule is C=CCc1cc([N+](=O)[O-])cc(/C=N/c2sc3c(c2C(=O)OCC)CCN(Cc2ccccc2)C3)c1O. The van der Waals surface area contributed by atoms with E-state index in [1.165, 1.54) is 35.2 Å². The second-order valence-electron chi connectivity index (χ2n) is 8.40. The summed E-state index contributed by atoms with van der Waals surface area (Å²) in [5.41, 5.74) is 3.02. The van der Waals surface area contributed by atoms with Gasteiger partial charge in [0.15, 0.2) is 0 Å². The lowest BCUT2D eigenvalue weighted by molar-refractivity contribution is -0.384. The van der Waals surface area contributed by atoms with Crippen molar-refractivity contribution in [2.75, 3.05) is 13.2 Å². The molecule has 2 aromatic carbocycles. The number of thiophene rings is 1. The maximum Gasteiger partial charge on any atom is 0.341 e. The second-order valence-corrected chi connectivity index (χ2v) is 9.49. The van der Waals surface area contributed by atoms with Crippen LogP contribution in [-0.2, 0) is 30.7 Å². The predicted molar refractivity (Wildman–Crippen MR) is 140 cm³/mol. The minimum atomic E-state index is -0.515. The lowest BCUT2D eigenvalue weighted by Crippen LogP contribution is -2.29. The van der Waals surface area contributed by atoms with Gasteiger partial charge in [-0.3, -0.25) is 15.0 Å². The molecule has 36 heavy (non-hydrogen) atoms. The third-order valence-corrected chi connectivity index (χ3v) is 7.07. The van der Waals surface area contributed by atoms with Gasteiger partial charge in [0.1, 0.15) is 10.8 Å². The predicted octanol–water partition coefficient (Wildman–Crippen LogP) is 5.58. The Morgan fingerprint density at radius 1 is 1.33 bits per heavy atom. The van der Waals surface area contributed by atoms with Gasteiger partial charge in [-0.05, 0) is 30.9 Å². The molecule has 0 spiro atoms. The molecule has 8 nitrogen and oxygen atoms in total. The molecule has 0 radical (unpaired) electrons. The van der Waals surface area contributed by atoms with Crippen LogP contribution in [0.4, 0.5) is 10.7 Å². The normalized spacial score (nSPS) is 13.5. The number of fused-ring (bicyclic) bond motifs is 1. The third kappa shape index (κ3) is 5.53. The quantitative estimate of drug-likeness (QED) is 0.134. The summed E-state index contributed by atoms with van der Waals surface area (Å²) in [5.74, 6) is -0.536. The summed E-state index contributed by atoms with van der Waals surface area (Å²) in [6.07, 6.45) is 3.89. The minimum absolute atomic E-state index is 0.0997. The van der Waals surface area contributed by atoms with Gasteiger partial charge in [0, 0.05) is 54.0 Å². The molecular weight excluding hydrogens is 478 g/mol. The van der Waals surface area contributed by atoms with Crippen molar-refractivity contribution < 1.29 is 19.6 Å². The number of phenolic OH excluding ortho intramolecular Hbond substituents is 1. The fourth-order valence-electron chi connectivity index (χ4n) is 4.27. The summed E-state index contributed by atoms with van der Waals surface area (Å²) < 4.78 is 5.32. The van der Waals surface area contributed by atoms with Crippen LogP contribution in [0, 0.1) is 10.1 Å². The third-order valence-electron chi connectivity index (χ3n) is 5.94. The summed E-state index contributed by atoms with van der Waals surface area (Å²) in [6.45, 7) is 7.92. The number of hydrogen-bond acceptors (Lipinski definition) is 8. The van der Waals surface area contributed by atoms with Gasteiger partial charge in [-0.1, -0.05) is 36.4 Å². The Hall–Kier alpha value is -3.82. The number of esters is 1. The average molecular weight is 506 g/mol. The second kappa shape index (κ2) is 11.3. The van der Waals surface area contributed by atoms with E-state index in [9.17, 15) is 20.0 Å². The first kappa shape index (κ1) is 25.3. The molecule has 4 rings (SSSR count). The smallest absolute Gasteiger partial charge is 0.341 e. The molecule has 9 heteroatoms. The highest BCUT2D eigenvalue weighted by Crippen LogP contribution is 2.40. The van der Waals surface area contributed by atoms with Gasteiger partial charge in [0.2, 0.25) is 0 Å². The Morgan fingerprint density at radius 2 is 2.11 bits per heavy atom. The van der Waals surface area contributed by atoms with Gasteiger partial charge in [-0.25, -0.2) is 9.79 Å². The Labute approximate surface area is 213 Å². The fraction of sp³-hybridized carbons (Fsp3) is 0.259. The standard InChI is InChI=1S/C27H27N3O5S/c1-3-8-19-13-21(30(33)34)14-20(25(19)31)15-28-26-24(27(32)35-4-2)22-11-12-29(17-23(22)36-26)16-18-9-6-5-7-10-18/h3,5-7,9-10,13-15,31H,1,4,8,11-12,16-17H2,2H3/b28-15+. The molecule has 186 valence electrons. The van der Waals surface area contributed by atoms with Gasteiger partial charge in [-0.15, -0.1) is 17.9 Å². The summed E-state index contributed by atoms with van der Waals surface area (Å²) in [7, 11) is 0. The van der Waals surface area contributed by atoms with E-state index in [4.69, 9.17) is 4.74 Å². The van der Waals surface area contributed by atoms with Crippen LogP contribution < -0.4 is 0 Å². The van der Waals surface area contributed by atoms with Crippen LogP contribution in [0.3, 0.4) is 0 Å². The molecule has 0 unspecified atom stereocenters. The number of carbonyl (C=O) groups is 1. The lowest BCUT2D eigenvalue weighted by atomic mass is 10.0. The number of benzene rings is 2. The number of hydrogen-bond donors (Lipinski definition) is 1. The number of phenols is 1. The van der Waals surface area contributed by atoms with E-state index in [0.717, 1.165) is 23.5 Å².